The molecule has 3 rings (SSSR count). The number of carboxylic acid groups (broad SMARTS) is 1. The van der Waals surface area contributed by atoms with Gasteiger partial charge in [-0.3, -0.25) is 9.59 Å². The van der Waals surface area contributed by atoms with Crippen molar-refractivity contribution < 1.29 is 33.0 Å². The molecule has 1 heterocycles. The van der Waals surface area contributed by atoms with E-state index in [0.717, 1.165) is 16.4 Å². The number of benzene rings is 2. The van der Waals surface area contributed by atoms with E-state index >= 15 is 0 Å². The average Bonchev–Trinajstić information content (AvgIpc) is 2.82. The van der Waals surface area contributed by atoms with Crippen LogP contribution in [0.25, 0.3) is 0 Å². The molecule has 0 spiro atoms. The minimum atomic E-state index is -3.73. The normalized spacial score (nSPS) is 18.1. The van der Waals surface area contributed by atoms with E-state index in [2.05, 4.69) is 5.32 Å². The van der Waals surface area contributed by atoms with Crippen molar-refractivity contribution in [1.29, 1.82) is 0 Å². The smallest absolute Gasteiger partial charge is 0.339 e. The van der Waals surface area contributed by atoms with Crippen molar-refractivity contribution in [2.24, 2.45) is 5.92 Å². The molecule has 1 atom stereocenters. The SMILES string of the molecule is C[C@@H]1CS(=O)(=O)N(c2ccc(C(=O)Nc3ccc(C(=O)O)c(O)c3)cc2)C1=O. The predicted molar refractivity (Wildman–Crippen MR) is 99.9 cm³/mol. The van der Waals surface area contributed by atoms with Crippen molar-refractivity contribution in [2.45, 2.75) is 6.92 Å². The Hall–Kier alpha value is -3.40. The fraction of sp³-hybridized carbons (Fsp3) is 0.167. The summed E-state index contributed by atoms with van der Waals surface area (Å²) in [7, 11) is -3.73. The minimum Gasteiger partial charge on any atom is -0.507 e. The van der Waals surface area contributed by atoms with Crippen LogP contribution in [0.4, 0.5) is 11.4 Å². The van der Waals surface area contributed by atoms with Crippen molar-refractivity contribution in [1.82, 2.24) is 0 Å². The van der Waals surface area contributed by atoms with Crippen LogP contribution in [0.1, 0.15) is 27.6 Å². The van der Waals surface area contributed by atoms with Crippen LogP contribution in [-0.4, -0.2) is 42.2 Å². The van der Waals surface area contributed by atoms with E-state index in [1.807, 2.05) is 0 Å². The number of rotatable bonds is 4. The quantitative estimate of drug-likeness (QED) is 0.703. The molecule has 1 aliphatic heterocycles. The van der Waals surface area contributed by atoms with E-state index in [-0.39, 0.29) is 28.3 Å². The number of phenols is 1. The second-order valence-electron chi connectivity index (χ2n) is 6.32. The van der Waals surface area contributed by atoms with Gasteiger partial charge in [0.1, 0.15) is 11.3 Å². The number of carboxylic acids is 1. The molecule has 2 aromatic carbocycles. The first-order valence-electron chi connectivity index (χ1n) is 8.15. The zero-order valence-electron chi connectivity index (χ0n) is 14.6. The first-order chi connectivity index (χ1) is 13.1. The predicted octanol–water partition coefficient (Wildman–Crippen LogP) is 1.66. The molecular formula is C18H16N2O7S. The van der Waals surface area contributed by atoms with Gasteiger partial charge in [0.25, 0.3) is 5.91 Å². The standard InChI is InChI=1S/C18H16N2O7S/c1-10-9-28(26,27)20(17(10)23)13-5-2-11(3-6-13)16(22)19-12-4-7-14(18(24)25)15(21)8-12/h2-8,10,21H,9H2,1H3,(H,19,22)(H,24,25)/t10-/m1/s1. The molecule has 0 saturated carbocycles. The molecule has 10 heteroatoms. The Morgan fingerprint density at radius 2 is 1.79 bits per heavy atom. The van der Waals surface area contributed by atoms with Crippen LogP contribution in [0, 0.1) is 5.92 Å². The van der Waals surface area contributed by atoms with Crippen LogP contribution in [0.2, 0.25) is 0 Å². The molecule has 1 saturated heterocycles. The first-order valence-corrected chi connectivity index (χ1v) is 9.75. The van der Waals surface area contributed by atoms with Crippen molar-refractivity contribution in [3.8, 4) is 5.75 Å². The van der Waals surface area contributed by atoms with Crippen molar-refractivity contribution in [3.05, 3.63) is 53.6 Å². The van der Waals surface area contributed by atoms with Gasteiger partial charge in [-0.25, -0.2) is 17.5 Å². The number of carbonyl (C=O) groups is 3. The Kier molecular flexibility index (Phi) is 4.82. The van der Waals surface area contributed by atoms with Gasteiger partial charge in [-0.15, -0.1) is 0 Å². The number of nitrogens with zero attached hydrogens (tertiary/aromatic N) is 1. The number of carbonyl (C=O) groups excluding carboxylic acids is 2. The number of sulfonamides is 1. The summed E-state index contributed by atoms with van der Waals surface area (Å²) in [5.41, 5.74) is 0.216. The largest absolute Gasteiger partial charge is 0.507 e. The van der Waals surface area contributed by atoms with Crippen LogP contribution in [0.5, 0.6) is 5.75 Å². The number of anilines is 2. The van der Waals surface area contributed by atoms with E-state index in [0.29, 0.717) is 0 Å². The van der Waals surface area contributed by atoms with Crippen LogP contribution in [0.3, 0.4) is 0 Å². The lowest BCUT2D eigenvalue weighted by molar-refractivity contribution is -0.119. The Morgan fingerprint density at radius 1 is 1.14 bits per heavy atom. The van der Waals surface area contributed by atoms with Gasteiger partial charge in [0.05, 0.1) is 17.4 Å². The third-order valence-electron chi connectivity index (χ3n) is 4.21. The molecule has 0 bridgehead atoms. The third kappa shape index (κ3) is 3.54. The summed E-state index contributed by atoms with van der Waals surface area (Å²) in [4.78, 5) is 35.3. The lowest BCUT2D eigenvalue weighted by atomic mass is 10.1. The average molecular weight is 404 g/mol. The molecule has 0 unspecified atom stereocenters. The Balaban J connectivity index is 1.78. The maximum absolute atomic E-state index is 12.3. The van der Waals surface area contributed by atoms with E-state index in [1.165, 1.54) is 37.3 Å². The molecule has 1 fully saturated rings. The summed E-state index contributed by atoms with van der Waals surface area (Å²) in [6, 6.07) is 9.02. The van der Waals surface area contributed by atoms with E-state index < -0.39 is 39.5 Å². The number of amides is 2. The van der Waals surface area contributed by atoms with Gasteiger partial charge < -0.3 is 15.5 Å². The lowest BCUT2D eigenvalue weighted by Gasteiger charge is -2.15. The number of hydrogen-bond acceptors (Lipinski definition) is 6. The van der Waals surface area contributed by atoms with Crippen LogP contribution < -0.4 is 9.62 Å². The Bertz CT molecular complexity index is 1080. The van der Waals surface area contributed by atoms with Gasteiger partial charge in [-0.05, 0) is 36.4 Å². The molecule has 0 aromatic heterocycles. The highest BCUT2D eigenvalue weighted by atomic mass is 32.2. The maximum atomic E-state index is 12.3. The second-order valence-corrected chi connectivity index (χ2v) is 8.18. The van der Waals surface area contributed by atoms with Crippen LogP contribution in [-0.2, 0) is 14.8 Å². The third-order valence-corrected chi connectivity index (χ3v) is 6.08. The fourth-order valence-corrected chi connectivity index (χ4v) is 4.65. The van der Waals surface area contributed by atoms with E-state index in [1.54, 1.807) is 0 Å². The molecule has 28 heavy (non-hydrogen) atoms. The first kappa shape index (κ1) is 19.4. The van der Waals surface area contributed by atoms with Crippen molar-refractivity contribution in [3.63, 3.8) is 0 Å². The Labute approximate surface area is 160 Å². The summed E-state index contributed by atoms with van der Waals surface area (Å²) >= 11 is 0. The summed E-state index contributed by atoms with van der Waals surface area (Å²) < 4.78 is 25.0. The highest BCUT2D eigenvalue weighted by molar-refractivity contribution is 7.94. The zero-order chi connectivity index (χ0) is 20.6. The number of aromatic carboxylic acids is 1. The van der Waals surface area contributed by atoms with Gasteiger partial charge in [0.2, 0.25) is 15.9 Å². The summed E-state index contributed by atoms with van der Waals surface area (Å²) in [5, 5.41) is 21.1. The fourth-order valence-electron chi connectivity index (χ4n) is 2.83. The van der Waals surface area contributed by atoms with Gasteiger partial charge in [-0.2, -0.15) is 0 Å². The molecule has 2 aromatic rings. The number of hydrogen-bond donors (Lipinski definition) is 3. The minimum absolute atomic E-state index is 0.148. The maximum Gasteiger partial charge on any atom is 0.339 e. The molecule has 2 amide bonds. The van der Waals surface area contributed by atoms with Gasteiger partial charge in [-0.1, -0.05) is 6.92 Å². The Morgan fingerprint density at radius 3 is 2.29 bits per heavy atom. The zero-order valence-corrected chi connectivity index (χ0v) is 15.4. The monoisotopic (exact) mass is 404 g/mol. The molecule has 0 radical (unpaired) electrons. The van der Waals surface area contributed by atoms with Crippen LogP contribution in [0.15, 0.2) is 42.5 Å². The second kappa shape index (κ2) is 6.97. The summed E-state index contributed by atoms with van der Waals surface area (Å²) in [5.74, 6) is -3.76. The molecule has 146 valence electrons. The van der Waals surface area contributed by atoms with Gasteiger partial charge in [0.15, 0.2) is 0 Å². The number of nitrogens with one attached hydrogen (secondary N) is 1. The highest BCUT2D eigenvalue weighted by Crippen LogP contribution is 2.28. The lowest BCUT2D eigenvalue weighted by Crippen LogP contribution is -2.30. The van der Waals surface area contributed by atoms with E-state index in [9.17, 15) is 27.9 Å². The van der Waals surface area contributed by atoms with Crippen LogP contribution >= 0.6 is 0 Å². The van der Waals surface area contributed by atoms with E-state index in [4.69, 9.17) is 5.11 Å². The topological polar surface area (TPSA) is 141 Å². The van der Waals surface area contributed by atoms with Crippen molar-refractivity contribution >= 4 is 39.2 Å². The van der Waals surface area contributed by atoms with Gasteiger partial charge in [0, 0.05) is 17.3 Å². The molecule has 1 aliphatic rings. The van der Waals surface area contributed by atoms with Crippen molar-refractivity contribution in [2.75, 3.05) is 15.4 Å². The number of aromatic hydroxyl groups is 1. The van der Waals surface area contributed by atoms with Gasteiger partial charge >= 0.3 is 5.97 Å². The molecule has 9 nitrogen and oxygen atoms in total. The molecule has 3 N–H and O–H groups in total. The summed E-state index contributed by atoms with van der Waals surface area (Å²) in [6.07, 6.45) is 0. The highest BCUT2D eigenvalue weighted by Gasteiger charge is 2.41. The molecular weight excluding hydrogens is 388 g/mol. The molecule has 0 aliphatic carbocycles. The summed E-state index contributed by atoms with van der Waals surface area (Å²) in [6.45, 7) is 1.53.